The number of amides is 1. The molecule has 1 unspecified atom stereocenters. The van der Waals surface area contributed by atoms with Crippen LogP contribution in [-0.2, 0) is 22.6 Å². The molecule has 3 N–H and O–H groups in total. The van der Waals surface area contributed by atoms with E-state index >= 15 is 0 Å². The predicted molar refractivity (Wildman–Crippen MR) is 179 cm³/mol. The molecule has 0 fully saturated rings. The van der Waals surface area contributed by atoms with Crippen LogP contribution in [0, 0.1) is 0 Å². The zero-order valence-corrected chi connectivity index (χ0v) is 28.4. The summed E-state index contributed by atoms with van der Waals surface area (Å²) in [5.74, 6) is -16.5. The summed E-state index contributed by atoms with van der Waals surface area (Å²) >= 11 is 0. The van der Waals surface area contributed by atoms with Crippen LogP contribution < -0.4 is 15.4 Å². The largest absolute Gasteiger partial charge is 0.477 e. The van der Waals surface area contributed by atoms with Gasteiger partial charge in [0.15, 0.2) is 12.4 Å². The lowest BCUT2D eigenvalue weighted by molar-refractivity contribution is -0.697. The van der Waals surface area contributed by atoms with Crippen LogP contribution in [0.15, 0.2) is 48.8 Å². The molecule has 1 amide bonds. The molecule has 0 aliphatic heterocycles. The van der Waals surface area contributed by atoms with Crippen LogP contribution in [0.25, 0.3) is 0 Å². The summed E-state index contributed by atoms with van der Waals surface area (Å²) in [4.78, 5) is 22.3. The van der Waals surface area contributed by atoms with E-state index < -0.39 is 23.7 Å². The summed E-state index contributed by atoms with van der Waals surface area (Å²) in [6.45, 7) is 5.22. The van der Waals surface area contributed by atoms with Crippen LogP contribution >= 0.6 is 0 Å². The quantitative estimate of drug-likeness (QED) is 0.0404. The van der Waals surface area contributed by atoms with Gasteiger partial charge in [-0.1, -0.05) is 128 Å². The summed E-state index contributed by atoms with van der Waals surface area (Å²) < 4.78 is 56.4. The standard InChI is InChI=1S/C37H55F4N3O3/c1-3-4-5-6-7-8-9-10-11-12-13-14-15-16-17-18-21-26-44-27-24-31(25-28-44)30(2)29-32-22-19-20-23-33(32)42-43-34(45)36(38,39)37(40,41)35(46)47/h19-20,22-25,27-28,30,42H,3-18,21,26,29H2,1-2H3,(H-,43,45,46,47)/p+1. The fourth-order valence-corrected chi connectivity index (χ4v) is 5.71. The number of aromatic nitrogens is 1. The molecule has 0 bridgehead atoms. The maximum Gasteiger partial charge on any atom is 0.413 e. The van der Waals surface area contributed by atoms with Gasteiger partial charge >= 0.3 is 23.7 Å². The molecule has 2 aromatic rings. The van der Waals surface area contributed by atoms with Gasteiger partial charge < -0.3 is 5.11 Å². The van der Waals surface area contributed by atoms with E-state index in [1.165, 1.54) is 114 Å². The van der Waals surface area contributed by atoms with Gasteiger partial charge in [-0.25, -0.2) is 9.36 Å². The molecular formula is C37H56F4N3O3+. The Kier molecular flexibility index (Phi) is 18.4. The van der Waals surface area contributed by atoms with E-state index in [4.69, 9.17) is 5.11 Å². The molecule has 0 radical (unpaired) electrons. The number of halogens is 4. The first-order valence-electron chi connectivity index (χ1n) is 17.6. The van der Waals surface area contributed by atoms with E-state index in [1.807, 2.05) is 31.5 Å². The van der Waals surface area contributed by atoms with Gasteiger partial charge in [0.05, 0.1) is 5.69 Å². The molecule has 0 saturated heterocycles. The van der Waals surface area contributed by atoms with Gasteiger partial charge in [-0.05, 0) is 36.0 Å². The Balaban J connectivity index is 1.63. The summed E-state index contributed by atoms with van der Waals surface area (Å²) in [5, 5.41) is 8.39. The number of anilines is 1. The number of hydrogen-bond donors (Lipinski definition) is 3. The number of aryl methyl sites for hydroxylation is 1. The lowest BCUT2D eigenvalue weighted by Gasteiger charge is -2.23. The highest BCUT2D eigenvalue weighted by Gasteiger charge is 2.67. The highest BCUT2D eigenvalue weighted by atomic mass is 19.3. The van der Waals surface area contributed by atoms with Crippen molar-refractivity contribution in [2.24, 2.45) is 0 Å². The van der Waals surface area contributed by atoms with Crippen LogP contribution in [0.5, 0.6) is 0 Å². The number of carbonyl (C=O) groups excluding carboxylic acids is 1. The van der Waals surface area contributed by atoms with Gasteiger partial charge in [0, 0.05) is 18.6 Å². The molecule has 47 heavy (non-hydrogen) atoms. The monoisotopic (exact) mass is 666 g/mol. The van der Waals surface area contributed by atoms with Gasteiger partial charge in [-0.2, -0.15) is 17.6 Å². The Labute approximate surface area is 278 Å². The maximum atomic E-state index is 13.8. The lowest BCUT2D eigenvalue weighted by atomic mass is 9.93. The number of alkyl halides is 4. The van der Waals surface area contributed by atoms with E-state index in [1.54, 1.807) is 18.2 Å². The van der Waals surface area contributed by atoms with E-state index in [0.717, 1.165) is 18.5 Å². The molecule has 0 saturated carbocycles. The second kappa shape index (κ2) is 21.7. The Bertz CT molecular complexity index is 1180. The van der Waals surface area contributed by atoms with Crippen molar-refractivity contribution in [2.75, 3.05) is 5.43 Å². The van der Waals surface area contributed by atoms with Crippen LogP contribution in [0.2, 0.25) is 0 Å². The second-order valence-electron chi connectivity index (χ2n) is 12.8. The normalized spacial score (nSPS) is 12.6. The number of nitrogens with zero attached hydrogens (tertiary/aromatic N) is 1. The van der Waals surface area contributed by atoms with Crippen molar-refractivity contribution < 1.29 is 36.8 Å². The number of carboxylic acids is 1. The minimum Gasteiger partial charge on any atom is -0.477 e. The van der Waals surface area contributed by atoms with Crippen molar-refractivity contribution in [2.45, 2.75) is 154 Å². The first-order chi connectivity index (χ1) is 22.5. The van der Waals surface area contributed by atoms with Gasteiger partial charge in [0.1, 0.15) is 6.54 Å². The summed E-state index contributed by atoms with van der Waals surface area (Å²) in [5.41, 5.74) is 5.75. The molecule has 10 heteroatoms. The van der Waals surface area contributed by atoms with Crippen LogP contribution in [0.1, 0.15) is 140 Å². The molecule has 264 valence electrons. The van der Waals surface area contributed by atoms with Gasteiger partial charge in [0.25, 0.3) is 0 Å². The molecule has 2 rings (SSSR count). The zero-order chi connectivity index (χ0) is 34.5. The third kappa shape index (κ3) is 14.2. The number of rotatable bonds is 26. The second-order valence-corrected chi connectivity index (χ2v) is 12.8. The van der Waals surface area contributed by atoms with E-state index in [9.17, 15) is 27.2 Å². The third-order valence-electron chi connectivity index (χ3n) is 8.81. The minimum absolute atomic E-state index is 0.0291. The van der Waals surface area contributed by atoms with Crippen molar-refractivity contribution in [3.8, 4) is 0 Å². The van der Waals surface area contributed by atoms with Crippen molar-refractivity contribution >= 4 is 17.6 Å². The number of hydrogen-bond acceptors (Lipinski definition) is 3. The molecule has 1 heterocycles. The van der Waals surface area contributed by atoms with Gasteiger partial charge in [0.2, 0.25) is 0 Å². The van der Waals surface area contributed by atoms with E-state index in [0.29, 0.717) is 12.0 Å². The molecule has 6 nitrogen and oxygen atoms in total. The predicted octanol–water partition coefficient (Wildman–Crippen LogP) is 9.77. The summed E-state index contributed by atoms with van der Waals surface area (Å²) in [6.07, 6.45) is 27.4. The fraction of sp³-hybridized carbons (Fsp3) is 0.649. The number of pyridine rings is 1. The Morgan fingerprint density at radius 2 is 1.19 bits per heavy atom. The number of benzene rings is 1. The average Bonchev–Trinajstić information content (AvgIpc) is 3.05. The number of aliphatic carboxylic acids is 1. The fourth-order valence-electron chi connectivity index (χ4n) is 5.71. The number of nitrogens with one attached hydrogen (secondary N) is 2. The van der Waals surface area contributed by atoms with Crippen molar-refractivity contribution in [3.05, 3.63) is 59.9 Å². The maximum absolute atomic E-state index is 13.8. The molecular weight excluding hydrogens is 610 g/mol. The first kappa shape index (κ1) is 40.0. The molecule has 1 atom stereocenters. The Morgan fingerprint density at radius 3 is 1.68 bits per heavy atom. The van der Waals surface area contributed by atoms with E-state index in [-0.39, 0.29) is 11.6 Å². The number of para-hydroxylation sites is 1. The Hall–Kier alpha value is -3.17. The van der Waals surface area contributed by atoms with Crippen LogP contribution in [0.4, 0.5) is 23.2 Å². The summed E-state index contributed by atoms with van der Waals surface area (Å²) in [6, 6.07) is 10.7. The highest BCUT2D eigenvalue weighted by molar-refractivity contribution is 5.92. The molecule has 0 aliphatic carbocycles. The van der Waals surface area contributed by atoms with Crippen LogP contribution in [0.3, 0.4) is 0 Å². The number of carbonyl (C=O) groups is 2. The van der Waals surface area contributed by atoms with Crippen LogP contribution in [-0.4, -0.2) is 28.8 Å². The molecule has 1 aromatic heterocycles. The third-order valence-corrected chi connectivity index (χ3v) is 8.81. The van der Waals surface area contributed by atoms with E-state index in [2.05, 4.69) is 16.9 Å². The first-order valence-corrected chi connectivity index (χ1v) is 17.6. The van der Waals surface area contributed by atoms with Crippen molar-refractivity contribution in [1.29, 1.82) is 0 Å². The van der Waals surface area contributed by atoms with Crippen molar-refractivity contribution in [3.63, 3.8) is 0 Å². The number of carboxylic acid groups (broad SMARTS) is 1. The smallest absolute Gasteiger partial charge is 0.413 e. The molecule has 1 aromatic carbocycles. The number of unbranched alkanes of at least 4 members (excludes halogenated alkanes) is 16. The van der Waals surface area contributed by atoms with Gasteiger partial charge in [-0.15, -0.1) is 0 Å². The zero-order valence-electron chi connectivity index (χ0n) is 28.4. The van der Waals surface area contributed by atoms with Gasteiger partial charge in [-0.3, -0.25) is 15.6 Å². The number of hydrazine groups is 1. The SMILES string of the molecule is CCCCCCCCCCCCCCCCCCC[n+]1ccc(C(C)Cc2ccccc2NNC(=O)C(F)(F)C(F)(F)C(=O)O)cc1. The molecule has 0 spiro atoms. The summed E-state index contributed by atoms with van der Waals surface area (Å²) in [7, 11) is 0. The topological polar surface area (TPSA) is 82.3 Å². The Morgan fingerprint density at radius 1 is 0.723 bits per heavy atom. The lowest BCUT2D eigenvalue weighted by Crippen LogP contribution is -2.57. The van der Waals surface area contributed by atoms with Crippen molar-refractivity contribution in [1.82, 2.24) is 5.43 Å². The minimum atomic E-state index is -5.55. The highest BCUT2D eigenvalue weighted by Crippen LogP contribution is 2.35. The molecule has 0 aliphatic rings. The average molecular weight is 667 g/mol.